The summed E-state index contributed by atoms with van der Waals surface area (Å²) >= 11 is 0. The number of rotatable bonds is 5. The van der Waals surface area contributed by atoms with E-state index >= 15 is 0 Å². The van der Waals surface area contributed by atoms with Crippen LogP contribution < -0.4 is 5.73 Å². The Balaban J connectivity index is 2.64. The highest BCUT2D eigenvalue weighted by atomic mass is 15.2. The second-order valence-electron chi connectivity index (χ2n) is 6.09. The van der Waals surface area contributed by atoms with Crippen LogP contribution in [0, 0.1) is 5.92 Å². The predicted molar refractivity (Wildman–Crippen MR) is 75.2 cm³/mol. The van der Waals surface area contributed by atoms with Crippen LogP contribution in [0.15, 0.2) is 0 Å². The summed E-state index contributed by atoms with van der Waals surface area (Å²) in [5.41, 5.74) is 6.33. The van der Waals surface area contributed by atoms with Gasteiger partial charge in [-0.2, -0.15) is 0 Å². The van der Waals surface area contributed by atoms with Crippen molar-refractivity contribution in [1.82, 2.24) is 9.80 Å². The third kappa shape index (κ3) is 4.23. The zero-order valence-electron chi connectivity index (χ0n) is 12.3. The van der Waals surface area contributed by atoms with Crippen molar-refractivity contribution in [3.8, 4) is 0 Å². The molecule has 2 N–H and O–H groups in total. The minimum atomic E-state index is 0.371. The summed E-state index contributed by atoms with van der Waals surface area (Å²) in [5, 5.41) is 0. The van der Waals surface area contributed by atoms with Crippen molar-refractivity contribution in [2.24, 2.45) is 11.7 Å². The van der Waals surface area contributed by atoms with Crippen LogP contribution in [0.1, 0.15) is 40.0 Å². The minimum Gasteiger partial charge on any atom is -0.326 e. The largest absolute Gasteiger partial charge is 0.326 e. The molecule has 3 heteroatoms. The fourth-order valence-corrected chi connectivity index (χ4v) is 3.26. The van der Waals surface area contributed by atoms with Gasteiger partial charge in [0.2, 0.25) is 0 Å². The minimum absolute atomic E-state index is 0.371. The Kier molecular flexibility index (Phi) is 5.90. The van der Waals surface area contributed by atoms with E-state index in [0.29, 0.717) is 18.1 Å². The van der Waals surface area contributed by atoms with Gasteiger partial charge in [-0.25, -0.2) is 0 Å². The zero-order valence-corrected chi connectivity index (χ0v) is 12.3. The van der Waals surface area contributed by atoms with Crippen LogP contribution in [0.3, 0.4) is 0 Å². The highest BCUT2D eigenvalue weighted by molar-refractivity contribution is 4.90. The van der Waals surface area contributed by atoms with E-state index in [1.54, 1.807) is 0 Å². The Morgan fingerprint density at radius 3 is 2.47 bits per heavy atom. The van der Waals surface area contributed by atoms with Crippen molar-refractivity contribution in [2.45, 2.75) is 58.2 Å². The van der Waals surface area contributed by atoms with Gasteiger partial charge in [-0.3, -0.25) is 4.90 Å². The normalized spacial score (nSPS) is 32.1. The molecule has 0 spiro atoms. The third-order valence-electron chi connectivity index (χ3n) is 4.12. The van der Waals surface area contributed by atoms with E-state index in [2.05, 4.69) is 44.7 Å². The maximum Gasteiger partial charge on any atom is 0.0252 e. The maximum absolute atomic E-state index is 6.33. The Morgan fingerprint density at radius 2 is 1.94 bits per heavy atom. The lowest BCUT2D eigenvalue weighted by atomic mass is 9.82. The fourth-order valence-electron chi connectivity index (χ4n) is 3.26. The molecule has 0 aliphatic heterocycles. The van der Waals surface area contributed by atoms with Gasteiger partial charge < -0.3 is 10.6 Å². The van der Waals surface area contributed by atoms with E-state index < -0.39 is 0 Å². The van der Waals surface area contributed by atoms with E-state index in [4.69, 9.17) is 5.73 Å². The van der Waals surface area contributed by atoms with Crippen LogP contribution in [-0.2, 0) is 0 Å². The van der Waals surface area contributed by atoms with Crippen molar-refractivity contribution in [3.63, 3.8) is 0 Å². The zero-order chi connectivity index (χ0) is 13.0. The van der Waals surface area contributed by atoms with Gasteiger partial charge in [-0.1, -0.05) is 13.8 Å². The van der Waals surface area contributed by atoms with E-state index in [0.717, 1.165) is 19.0 Å². The third-order valence-corrected chi connectivity index (χ3v) is 4.12. The van der Waals surface area contributed by atoms with Gasteiger partial charge in [-0.15, -0.1) is 0 Å². The Bertz CT molecular complexity index is 218. The van der Waals surface area contributed by atoms with E-state index in [9.17, 15) is 0 Å². The molecule has 4 atom stereocenters. The molecular formula is C14H31N3. The Morgan fingerprint density at radius 1 is 1.29 bits per heavy atom. The molecule has 0 heterocycles. The van der Waals surface area contributed by atoms with Gasteiger partial charge >= 0.3 is 0 Å². The first-order valence-electron chi connectivity index (χ1n) is 7.11. The summed E-state index contributed by atoms with van der Waals surface area (Å²) in [6, 6.07) is 1.55. The van der Waals surface area contributed by atoms with Crippen molar-refractivity contribution in [2.75, 3.05) is 27.2 Å². The molecule has 0 aromatic rings. The van der Waals surface area contributed by atoms with Crippen LogP contribution in [0.4, 0.5) is 0 Å². The number of hydrogen-bond acceptors (Lipinski definition) is 3. The molecule has 1 rings (SSSR count). The molecular weight excluding hydrogens is 210 g/mol. The lowest BCUT2D eigenvalue weighted by Gasteiger charge is -2.43. The SMILES string of the molecule is CCN(C(C)CN(C)C)C1CC(C)CCC1N. The molecule has 1 aliphatic rings. The van der Waals surface area contributed by atoms with Gasteiger partial charge in [-0.05, 0) is 52.7 Å². The summed E-state index contributed by atoms with van der Waals surface area (Å²) in [7, 11) is 4.29. The standard InChI is InChI=1S/C14H31N3/c1-6-17(12(3)10-16(4)5)14-9-11(2)7-8-13(14)15/h11-14H,6-10,15H2,1-5H3. The summed E-state index contributed by atoms with van der Waals surface area (Å²) in [6.07, 6.45) is 3.76. The molecule has 0 radical (unpaired) electrons. The molecule has 0 bridgehead atoms. The average Bonchev–Trinajstić information content (AvgIpc) is 2.23. The van der Waals surface area contributed by atoms with Crippen LogP contribution in [0.2, 0.25) is 0 Å². The van der Waals surface area contributed by atoms with Crippen molar-refractivity contribution in [1.29, 1.82) is 0 Å². The molecule has 0 saturated heterocycles. The average molecular weight is 241 g/mol. The molecule has 3 nitrogen and oxygen atoms in total. The molecule has 0 amide bonds. The maximum atomic E-state index is 6.33. The van der Waals surface area contributed by atoms with Gasteiger partial charge in [0.25, 0.3) is 0 Å². The number of likely N-dealkylation sites (N-methyl/N-ethyl adjacent to an activating group) is 2. The summed E-state index contributed by atoms with van der Waals surface area (Å²) in [6.45, 7) is 9.18. The van der Waals surface area contributed by atoms with E-state index in [1.807, 2.05) is 0 Å². The van der Waals surface area contributed by atoms with Crippen LogP contribution in [0.5, 0.6) is 0 Å². The van der Waals surface area contributed by atoms with E-state index in [1.165, 1.54) is 19.3 Å². The first kappa shape index (κ1) is 14.9. The number of nitrogens with two attached hydrogens (primary N) is 1. The topological polar surface area (TPSA) is 32.5 Å². The van der Waals surface area contributed by atoms with Crippen LogP contribution in [-0.4, -0.2) is 55.1 Å². The number of nitrogens with zero attached hydrogens (tertiary/aromatic N) is 2. The first-order chi connectivity index (χ1) is 7.95. The van der Waals surface area contributed by atoms with Gasteiger partial charge in [0.1, 0.15) is 0 Å². The second kappa shape index (κ2) is 6.72. The molecule has 17 heavy (non-hydrogen) atoms. The van der Waals surface area contributed by atoms with E-state index in [-0.39, 0.29) is 0 Å². The summed E-state index contributed by atoms with van der Waals surface area (Å²) in [4.78, 5) is 4.88. The Hall–Kier alpha value is -0.120. The summed E-state index contributed by atoms with van der Waals surface area (Å²) in [5.74, 6) is 0.834. The lowest BCUT2D eigenvalue weighted by Crippen LogP contribution is -2.55. The van der Waals surface area contributed by atoms with Crippen LogP contribution in [0.25, 0.3) is 0 Å². The number of hydrogen-bond donors (Lipinski definition) is 1. The van der Waals surface area contributed by atoms with Crippen molar-refractivity contribution < 1.29 is 0 Å². The lowest BCUT2D eigenvalue weighted by molar-refractivity contribution is 0.0740. The molecule has 4 unspecified atom stereocenters. The van der Waals surface area contributed by atoms with Crippen LogP contribution >= 0.6 is 0 Å². The Labute approximate surface area is 107 Å². The highest BCUT2D eigenvalue weighted by Crippen LogP contribution is 2.27. The first-order valence-corrected chi connectivity index (χ1v) is 7.11. The predicted octanol–water partition coefficient (Wildman–Crippen LogP) is 1.77. The van der Waals surface area contributed by atoms with Gasteiger partial charge in [0.15, 0.2) is 0 Å². The molecule has 102 valence electrons. The fraction of sp³-hybridized carbons (Fsp3) is 1.00. The molecule has 1 aliphatic carbocycles. The molecule has 1 saturated carbocycles. The smallest absolute Gasteiger partial charge is 0.0252 e. The molecule has 1 fully saturated rings. The molecule has 0 aromatic carbocycles. The molecule has 0 aromatic heterocycles. The quantitative estimate of drug-likeness (QED) is 0.796. The van der Waals surface area contributed by atoms with Gasteiger partial charge in [0, 0.05) is 24.7 Å². The van der Waals surface area contributed by atoms with Crippen molar-refractivity contribution in [3.05, 3.63) is 0 Å². The second-order valence-corrected chi connectivity index (χ2v) is 6.09. The highest BCUT2D eigenvalue weighted by Gasteiger charge is 2.32. The summed E-state index contributed by atoms with van der Waals surface area (Å²) < 4.78 is 0. The monoisotopic (exact) mass is 241 g/mol. The van der Waals surface area contributed by atoms with Gasteiger partial charge in [0.05, 0.1) is 0 Å². The van der Waals surface area contributed by atoms with Crippen molar-refractivity contribution >= 4 is 0 Å².